The first-order valence-electron chi connectivity index (χ1n) is 7.57. The molecule has 0 aromatic heterocycles. The number of benzene rings is 1. The lowest BCUT2D eigenvalue weighted by Gasteiger charge is -2.40. The summed E-state index contributed by atoms with van der Waals surface area (Å²) in [6.45, 7) is 8.23. The van der Waals surface area contributed by atoms with Gasteiger partial charge in [-0.05, 0) is 39.8 Å². The van der Waals surface area contributed by atoms with E-state index in [1.165, 1.54) is 5.56 Å². The van der Waals surface area contributed by atoms with E-state index in [1.807, 2.05) is 43.9 Å². The average Bonchev–Trinajstić information content (AvgIpc) is 2.37. The Bertz CT molecular complexity index is 473. The Morgan fingerprint density at radius 1 is 1.23 bits per heavy atom. The lowest BCUT2D eigenvalue weighted by atomic mass is 10.0. The highest BCUT2D eigenvalue weighted by atomic mass is 35.5. The molecule has 1 atom stereocenters. The quantitative estimate of drug-likeness (QED) is 0.836. The topological polar surface area (TPSA) is 32.8 Å². The molecule has 0 aliphatic carbocycles. The molecule has 0 spiro atoms. The molecule has 1 fully saturated rings. The summed E-state index contributed by atoms with van der Waals surface area (Å²) in [5.41, 5.74) is 0.809. The van der Waals surface area contributed by atoms with Gasteiger partial charge in [-0.1, -0.05) is 30.3 Å². The second-order valence-electron chi connectivity index (χ2n) is 6.78. The molecule has 0 radical (unpaired) electrons. The number of carbonyl (C=O) groups is 1. The summed E-state index contributed by atoms with van der Waals surface area (Å²) >= 11 is 0. The van der Waals surface area contributed by atoms with Crippen LogP contribution in [0.3, 0.4) is 0 Å². The van der Waals surface area contributed by atoms with Gasteiger partial charge in [-0.15, -0.1) is 12.4 Å². The Morgan fingerprint density at radius 3 is 2.45 bits per heavy atom. The first-order valence-corrected chi connectivity index (χ1v) is 7.57. The number of nitrogens with zero attached hydrogens (tertiary/aromatic N) is 2. The molecule has 1 aromatic carbocycles. The van der Waals surface area contributed by atoms with E-state index in [-0.39, 0.29) is 24.5 Å². The second-order valence-corrected chi connectivity index (χ2v) is 6.78. The zero-order chi connectivity index (χ0) is 15.5. The highest BCUT2D eigenvalue weighted by Gasteiger charge is 2.32. The number of likely N-dealkylation sites (N-methyl/N-ethyl adjacent to an activating group) is 1. The molecular weight excluding hydrogens is 300 g/mol. The predicted molar refractivity (Wildman–Crippen MR) is 91.6 cm³/mol. The Labute approximate surface area is 139 Å². The number of hydrogen-bond donors (Lipinski definition) is 0. The number of hydrogen-bond acceptors (Lipinski definition) is 3. The van der Waals surface area contributed by atoms with Crippen LogP contribution >= 0.6 is 12.4 Å². The largest absolute Gasteiger partial charge is 0.444 e. The van der Waals surface area contributed by atoms with Crippen molar-refractivity contribution in [3.05, 3.63) is 35.9 Å². The van der Waals surface area contributed by atoms with E-state index < -0.39 is 5.60 Å². The number of piperazine rings is 1. The number of ether oxygens (including phenoxy) is 1. The van der Waals surface area contributed by atoms with Gasteiger partial charge in [-0.2, -0.15) is 0 Å². The summed E-state index contributed by atoms with van der Waals surface area (Å²) in [4.78, 5) is 16.6. The Kier molecular flexibility index (Phi) is 6.69. The van der Waals surface area contributed by atoms with Crippen molar-refractivity contribution in [2.24, 2.45) is 0 Å². The summed E-state index contributed by atoms with van der Waals surface area (Å²) < 4.78 is 5.55. The normalized spacial score (nSPS) is 19.5. The lowest BCUT2D eigenvalue weighted by molar-refractivity contribution is 0.00165. The summed E-state index contributed by atoms with van der Waals surface area (Å²) in [6.07, 6.45) is 0.668. The SMILES string of the molecule is CN1CCN(C(=O)OC(C)(C)C)[C@H](Cc2ccccc2)C1.Cl. The van der Waals surface area contributed by atoms with E-state index in [0.717, 1.165) is 26.1 Å². The molecule has 1 aromatic rings. The number of halogens is 1. The summed E-state index contributed by atoms with van der Waals surface area (Å²) in [5.74, 6) is 0. The molecule has 124 valence electrons. The van der Waals surface area contributed by atoms with Gasteiger partial charge >= 0.3 is 6.09 Å². The smallest absolute Gasteiger partial charge is 0.410 e. The van der Waals surface area contributed by atoms with Crippen LogP contribution in [0.4, 0.5) is 4.79 Å². The highest BCUT2D eigenvalue weighted by Crippen LogP contribution is 2.18. The summed E-state index contributed by atoms with van der Waals surface area (Å²) in [6, 6.07) is 10.5. The molecule has 5 heteroatoms. The van der Waals surface area contributed by atoms with Crippen LogP contribution in [0.25, 0.3) is 0 Å². The minimum Gasteiger partial charge on any atom is -0.444 e. The fourth-order valence-electron chi connectivity index (χ4n) is 2.63. The monoisotopic (exact) mass is 326 g/mol. The first kappa shape index (κ1) is 18.8. The van der Waals surface area contributed by atoms with Gasteiger partial charge in [0.25, 0.3) is 0 Å². The van der Waals surface area contributed by atoms with Crippen LogP contribution in [0.5, 0.6) is 0 Å². The van der Waals surface area contributed by atoms with E-state index in [2.05, 4.69) is 24.1 Å². The van der Waals surface area contributed by atoms with Crippen molar-refractivity contribution in [3.63, 3.8) is 0 Å². The van der Waals surface area contributed by atoms with Crippen LogP contribution in [0.1, 0.15) is 26.3 Å². The number of amides is 1. The van der Waals surface area contributed by atoms with Gasteiger partial charge in [0.15, 0.2) is 0 Å². The number of carbonyl (C=O) groups excluding carboxylic acids is 1. The van der Waals surface area contributed by atoms with Crippen LogP contribution in [0.15, 0.2) is 30.3 Å². The van der Waals surface area contributed by atoms with Crippen LogP contribution in [-0.4, -0.2) is 54.2 Å². The van der Waals surface area contributed by atoms with Crippen molar-refractivity contribution < 1.29 is 9.53 Å². The lowest BCUT2D eigenvalue weighted by Crippen LogP contribution is -2.55. The van der Waals surface area contributed by atoms with E-state index in [9.17, 15) is 4.79 Å². The molecular formula is C17H27ClN2O2. The molecule has 0 N–H and O–H groups in total. The minimum atomic E-state index is -0.447. The molecule has 0 unspecified atom stereocenters. The van der Waals surface area contributed by atoms with Crippen molar-refractivity contribution in [3.8, 4) is 0 Å². The van der Waals surface area contributed by atoms with Gasteiger partial charge < -0.3 is 14.5 Å². The fraction of sp³-hybridized carbons (Fsp3) is 0.588. The van der Waals surface area contributed by atoms with Gasteiger partial charge in [0.2, 0.25) is 0 Å². The molecule has 0 saturated carbocycles. The standard InChI is InChI=1S/C17H26N2O2.ClH/c1-17(2,3)21-16(20)19-11-10-18(4)13-15(19)12-14-8-6-5-7-9-14;/h5-9,15H,10-13H2,1-4H3;1H/t15-;/m1./s1. The molecule has 2 rings (SSSR count). The van der Waals surface area contributed by atoms with E-state index >= 15 is 0 Å². The maximum Gasteiger partial charge on any atom is 0.410 e. The third kappa shape index (κ3) is 5.50. The second kappa shape index (κ2) is 7.84. The average molecular weight is 327 g/mol. The van der Waals surface area contributed by atoms with Gasteiger partial charge in [0.1, 0.15) is 5.60 Å². The third-order valence-electron chi connectivity index (χ3n) is 3.63. The molecule has 22 heavy (non-hydrogen) atoms. The van der Waals surface area contributed by atoms with Gasteiger partial charge in [0, 0.05) is 19.6 Å². The van der Waals surface area contributed by atoms with Crippen LogP contribution in [0, 0.1) is 0 Å². The summed E-state index contributed by atoms with van der Waals surface area (Å²) in [7, 11) is 2.10. The summed E-state index contributed by atoms with van der Waals surface area (Å²) in [5, 5.41) is 0. The van der Waals surface area contributed by atoms with Gasteiger partial charge in [-0.3, -0.25) is 0 Å². The van der Waals surface area contributed by atoms with E-state index in [4.69, 9.17) is 4.74 Å². The fourth-order valence-corrected chi connectivity index (χ4v) is 2.63. The highest BCUT2D eigenvalue weighted by molar-refractivity contribution is 5.85. The Hall–Kier alpha value is -1.26. The maximum atomic E-state index is 12.4. The molecule has 1 amide bonds. The first-order chi connectivity index (χ1) is 9.85. The Balaban J connectivity index is 0.00000242. The molecule has 1 heterocycles. The van der Waals surface area contributed by atoms with Crippen molar-refractivity contribution in [1.82, 2.24) is 9.80 Å². The van der Waals surface area contributed by atoms with Crippen LogP contribution in [0.2, 0.25) is 0 Å². The van der Waals surface area contributed by atoms with E-state index in [1.54, 1.807) is 0 Å². The molecule has 0 bridgehead atoms. The zero-order valence-electron chi connectivity index (χ0n) is 13.9. The maximum absolute atomic E-state index is 12.4. The van der Waals surface area contributed by atoms with Gasteiger partial charge in [-0.25, -0.2) is 4.79 Å². The number of rotatable bonds is 2. The molecule has 4 nitrogen and oxygen atoms in total. The minimum absolute atomic E-state index is 0. The van der Waals surface area contributed by atoms with Crippen molar-refractivity contribution >= 4 is 18.5 Å². The van der Waals surface area contributed by atoms with E-state index in [0.29, 0.717) is 0 Å². The Morgan fingerprint density at radius 2 is 1.86 bits per heavy atom. The van der Waals surface area contributed by atoms with Gasteiger partial charge in [0.05, 0.1) is 6.04 Å². The van der Waals surface area contributed by atoms with Crippen LogP contribution in [-0.2, 0) is 11.2 Å². The van der Waals surface area contributed by atoms with Crippen molar-refractivity contribution in [2.45, 2.75) is 38.8 Å². The zero-order valence-corrected chi connectivity index (χ0v) is 14.7. The molecule has 1 aliphatic heterocycles. The predicted octanol–water partition coefficient (Wildman–Crippen LogP) is 3.20. The molecule has 1 aliphatic rings. The van der Waals surface area contributed by atoms with Crippen LogP contribution < -0.4 is 0 Å². The van der Waals surface area contributed by atoms with Crippen molar-refractivity contribution in [2.75, 3.05) is 26.7 Å². The molecule has 1 saturated heterocycles. The third-order valence-corrected chi connectivity index (χ3v) is 3.63. The van der Waals surface area contributed by atoms with Crippen molar-refractivity contribution in [1.29, 1.82) is 0 Å².